The Hall–Kier alpha value is -0.420. The van der Waals surface area contributed by atoms with Crippen molar-refractivity contribution in [3.05, 3.63) is 21.1 Å². The van der Waals surface area contributed by atoms with Crippen LogP contribution in [0.3, 0.4) is 0 Å². The van der Waals surface area contributed by atoms with E-state index in [0.29, 0.717) is 26.2 Å². The highest BCUT2D eigenvalue weighted by molar-refractivity contribution is 6.56. The Morgan fingerprint density at radius 3 is 1.25 bits per heavy atom. The van der Waals surface area contributed by atoms with Crippen LogP contribution in [0.25, 0.3) is 0 Å². The molecular formula is C20H26Cl4N2O2. The third-order valence-corrected chi connectivity index (χ3v) is 7.37. The first kappa shape index (κ1) is 22.3. The largest absolute Gasteiger partial charge is 0.339 e. The van der Waals surface area contributed by atoms with E-state index in [2.05, 4.69) is 27.7 Å². The van der Waals surface area contributed by atoms with Gasteiger partial charge in [0.25, 0.3) is 0 Å². The molecule has 2 amide bonds. The van der Waals surface area contributed by atoms with Crippen LogP contribution in [0, 0.1) is 34.5 Å². The number of halogens is 4. The summed E-state index contributed by atoms with van der Waals surface area (Å²) in [6.45, 7) is 10.4. The van der Waals surface area contributed by atoms with Gasteiger partial charge in [0.05, 0.1) is 11.8 Å². The number of rotatable bonds is 4. The van der Waals surface area contributed by atoms with Gasteiger partial charge in [-0.2, -0.15) is 0 Å². The average molecular weight is 468 g/mol. The van der Waals surface area contributed by atoms with Gasteiger partial charge in [0, 0.05) is 26.2 Å². The highest BCUT2D eigenvalue weighted by Crippen LogP contribution is 2.61. The van der Waals surface area contributed by atoms with Crippen LogP contribution in [0.2, 0.25) is 0 Å². The van der Waals surface area contributed by atoms with Gasteiger partial charge in [0.1, 0.15) is 8.98 Å². The molecule has 0 aromatic heterocycles. The van der Waals surface area contributed by atoms with Crippen molar-refractivity contribution < 1.29 is 9.59 Å². The molecule has 2 aliphatic carbocycles. The summed E-state index contributed by atoms with van der Waals surface area (Å²) in [6.07, 6.45) is 3.52. The van der Waals surface area contributed by atoms with Gasteiger partial charge >= 0.3 is 0 Å². The number of hydrogen-bond donors (Lipinski definition) is 0. The number of carbonyl (C=O) groups is 2. The van der Waals surface area contributed by atoms with Gasteiger partial charge < -0.3 is 9.80 Å². The molecule has 0 N–H and O–H groups in total. The maximum atomic E-state index is 12.9. The van der Waals surface area contributed by atoms with Gasteiger partial charge in [-0.25, -0.2) is 0 Å². The van der Waals surface area contributed by atoms with Crippen molar-refractivity contribution >= 4 is 58.2 Å². The quantitative estimate of drug-likeness (QED) is 0.593. The van der Waals surface area contributed by atoms with E-state index in [1.165, 1.54) is 0 Å². The first-order valence-corrected chi connectivity index (χ1v) is 11.0. The number of carbonyl (C=O) groups excluding carboxylic acids is 2. The van der Waals surface area contributed by atoms with Gasteiger partial charge in [0.2, 0.25) is 11.8 Å². The molecular weight excluding hydrogens is 442 g/mol. The summed E-state index contributed by atoms with van der Waals surface area (Å²) < 4.78 is 0.410. The standard InChI is InChI=1S/C20H26Cl4N2O2/c1-19(2)11(9-13(21)22)15(19)17(27)25-5-7-26(8-6-25)18(28)16-12(10-14(23)24)20(16,3)4/h9-12,15-16H,5-8H2,1-4H3. The fourth-order valence-corrected chi connectivity index (χ4v) is 5.28. The molecule has 2 saturated carbocycles. The summed E-state index contributed by atoms with van der Waals surface area (Å²) in [7, 11) is 0. The van der Waals surface area contributed by atoms with Crippen molar-refractivity contribution in [3.63, 3.8) is 0 Å². The van der Waals surface area contributed by atoms with Crippen molar-refractivity contribution in [2.45, 2.75) is 27.7 Å². The molecule has 3 aliphatic rings. The topological polar surface area (TPSA) is 40.6 Å². The van der Waals surface area contributed by atoms with Gasteiger partial charge in [-0.15, -0.1) is 0 Å². The Labute approximate surface area is 186 Å². The molecule has 3 rings (SSSR count). The van der Waals surface area contributed by atoms with E-state index >= 15 is 0 Å². The molecule has 0 aromatic rings. The maximum Gasteiger partial charge on any atom is 0.226 e. The zero-order chi connectivity index (χ0) is 21.0. The van der Waals surface area contributed by atoms with Crippen LogP contribution < -0.4 is 0 Å². The molecule has 1 saturated heterocycles. The van der Waals surface area contributed by atoms with Crippen LogP contribution in [0.4, 0.5) is 0 Å². The number of allylic oxidation sites excluding steroid dienone is 2. The molecule has 0 bridgehead atoms. The Bertz CT molecular complexity index is 668. The predicted molar refractivity (Wildman–Crippen MR) is 114 cm³/mol. The molecule has 1 heterocycles. The van der Waals surface area contributed by atoms with E-state index in [-0.39, 0.29) is 55.3 Å². The Kier molecular flexibility index (Phi) is 6.11. The normalized spacial score (nSPS) is 32.4. The minimum Gasteiger partial charge on any atom is -0.339 e. The van der Waals surface area contributed by atoms with Gasteiger partial charge in [-0.3, -0.25) is 9.59 Å². The lowest BCUT2D eigenvalue weighted by atomic mass is 10.1. The fraction of sp³-hybridized carbons (Fsp3) is 0.700. The second-order valence-corrected chi connectivity index (χ2v) is 11.2. The number of piperazine rings is 1. The minimum absolute atomic E-state index is 0.0600. The van der Waals surface area contributed by atoms with E-state index in [1.807, 2.05) is 9.80 Å². The number of hydrogen-bond acceptors (Lipinski definition) is 2. The minimum atomic E-state index is -0.141. The Morgan fingerprint density at radius 1 is 0.714 bits per heavy atom. The van der Waals surface area contributed by atoms with Crippen LogP contribution >= 0.6 is 46.4 Å². The van der Waals surface area contributed by atoms with Gasteiger partial charge in [-0.05, 0) is 34.8 Å². The van der Waals surface area contributed by atoms with Crippen molar-refractivity contribution in [2.24, 2.45) is 34.5 Å². The first-order chi connectivity index (χ1) is 12.9. The van der Waals surface area contributed by atoms with E-state index in [1.54, 1.807) is 12.2 Å². The molecule has 1 aliphatic heterocycles. The lowest BCUT2D eigenvalue weighted by Crippen LogP contribution is -2.52. The van der Waals surface area contributed by atoms with Crippen molar-refractivity contribution in [2.75, 3.05) is 26.2 Å². The Balaban J connectivity index is 1.57. The van der Waals surface area contributed by atoms with Gasteiger partial charge in [-0.1, -0.05) is 74.1 Å². The molecule has 4 nitrogen and oxygen atoms in total. The third kappa shape index (κ3) is 4.08. The zero-order valence-corrected chi connectivity index (χ0v) is 19.5. The molecule has 0 spiro atoms. The summed E-state index contributed by atoms with van der Waals surface area (Å²) >= 11 is 23.2. The van der Waals surface area contributed by atoms with Crippen molar-refractivity contribution in [1.29, 1.82) is 0 Å². The Morgan fingerprint density at radius 2 is 1.00 bits per heavy atom. The third-order valence-electron chi connectivity index (χ3n) is 6.87. The number of amides is 2. The SMILES string of the molecule is CC1(C)C(C=C(Cl)Cl)C1C(=O)N1CCN(C(=O)C2C(C=C(Cl)Cl)C2(C)C)CC1. The molecule has 3 fully saturated rings. The number of nitrogens with zero attached hydrogens (tertiary/aromatic N) is 2. The molecule has 28 heavy (non-hydrogen) atoms. The summed E-state index contributed by atoms with van der Waals surface area (Å²) in [5, 5.41) is 0. The second kappa shape index (κ2) is 7.68. The predicted octanol–water partition coefficient (Wildman–Crippen LogP) is 4.84. The lowest BCUT2D eigenvalue weighted by molar-refractivity contribution is -0.142. The fourth-order valence-electron chi connectivity index (χ4n) is 4.73. The van der Waals surface area contributed by atoms with E-state index in [0.717, 1.165) is 0 Å². The van der Waals surface area contributed by atoms with Crippen molar-refractivity contribution in [3.8, 4) is 0 Å². The van der Waals surface area contributed by atoms with E-state index < -0.39 is 0 Å². The highest BCUT2D eigenvalue weighted by atomic mass is 35.5. The summed E-state index contributed by atoms with van der Waals surface area (Å²) in [5.74, 6) is 0.147. The molecule has 4 atom stereocenters. The van der Waals surface area contributed by atoms with E-state index in [9.17, 15) is 9.59 Å². The monoisotopic (exact) mass is 466 g/mol. The van der Waals surface area contributed by atoms with E-state index in [4.69, 9.17) is 46.4 Å². The first-order valence-electron chi connectivity index (χ1n) is 9.52. The summed E-state index contributed by atoms with van der Waals surface area (Å²) in [6, 6.07) is 0. The molecule has 156 valence electrons. The van der Waals surface area contributed by atoms with Gasteiger partial charge in [0.15, 0.2) is 0 Å². The lowest BCUT2D eigenvalue weighted by Gasteiger charge is -2.35. The summed E-state index contributed by atoms with van der Waals surface area (Å²) in [4.78, 5) is 29.6. The summed E-state index contributed by atoms with van der Waals surface area (Å²) in [5.41, 5.74) is -0.283. The maximum absolute atomic E-state index is 12.9. The van der Waals surface area contributed by atoms with Crippen LogP contribution in [0.1, 0.15) is 27.7 Å². The zero-order valence-electron chi connectivity index (χ0n) is 16.5. The smallest absolute Gasteiger partial charge is 0.226 e. The molecule has 0 aromatic carbocycles. The molecule has 8 heteroatoms. The molecule has 0 radical (unpaired) electrons. The van der Waals surface area contributed by atoms with Crippen LogP contribution in [-0.2, 0) is 9.59 Å². The second-order valence-electron chi connectivity index (χ2n) is 9.21. The van der Waals surface area contributed by atoms with Crippen LogP contribution in [0.15, 0.2) is 21.1 Å². The van der Waals surface area contributed by atoms with Crippen LogP contribution in [-0.4, -0.2) is 47.8 Å². The molecule has 4 unspecified atom stereocenters. The van der Waals surface area contributed by atoms with Crippen molar-refractivity contribution in [1.82, 2.24) is 9.80 Å². The van der Waals surface area contributed by atoms with Crippen LogP contribution in [0.5, 0.6) is 0 Å². The average Bonchev–Trinajstić information content (AvgIpc) is 3.33. The highest BCUT2D eigenvalue weighted by Gasteiger charge is 2.63.